The van der Waals surface area contributed by atoms with Gasteiger partial charge >= 0.3 is 0 Å². The number of rotatable bonds is 5. The number of carbonyl (C=O) groups is 2. The van der Waals surface area contributed by atoms with Gasteiger partial charge in [-0.05, 0) is 27.2 Å². The molecule has 0 aromatic rings. The molecule has 4 N–H and O–H groups in total. The first-order valence-corrected chi connectivity index (χ1v) is 5.60. The highest BCUT2D eigenvalue weighted by Crippen LogP contribution is 1.97. The molecule has 0 rings (SSSR count). The Bertz CT molecular complexity index is 246. The molecule has 5 heteroatoms. The van der Waals surface area contributed by atoms with Gasteiger partial charge in [-0.2, -0.15) is 0 Å². The van der Waals surface area contributed by atoms with Gasteiger partial charge in [-0.25, -0.2) is 0 Å². The minimum absolute atomic E-state index is 0.0203. The number of carbonyl (C=O) groups excluding carboxylic acids is 2. The number of amides is 2. The van der Waals surface area contributed by atoms with Crippen LogP contribution in [-0.4, -0.2) is 29.9 Å². The molecule has 0 radical (unpaired) electrons. The third-order valence-corrected chi connectivity index (χ3v) is 1.87. The quantitative estimate of drug-likeness (QED) is 0.627. The van der Waals surface area contributed by atoms with Crippen LogP contribution in [0, 0.1) is 0 Å². The van der Waals surface area contributed by atoms with Crippen molar-refractivity contribution in [1.82, 2.24) is 10.6 Å². The van der Waals surface area contributed by atoms with E-state index < -0.39 is 6.04 Å². The molecule has 0 aromatic heterocycles. The minimum Gasteiger partial charge on any atom is -0.350 e. The fourth-order valence-electron chi connectivity index (χ4n) is 1.20. The van der Waals surface area contributed by atoms with Gasteiger partial charge in [-0.15, -0.1) is 0 Å². The molecule has 0 saturated heterocycles. The second-order valence-corrected chi connectivity index (χ2v) is 4.91. The molecule has 1 atom stereocenters. The SMILES string of the molecule is CCC[C@@H](N)C(=O)NCC(=O)NC(C)(C)C. The van der Waals surface area contributed by atoms with Gasteiger partial charge in [0.2, 0.25) is 11.8 Å². The van der Waals surface area contributed by atoms with E-state index in [1.807, 2.05) is 27.7 Å². The fourth-order valence-corrected chi connectivity index (χ4v) is 1.20. The summed E-state index contributed by atoms with van der Waals surface area (Å²) in [5, 5.41) is 5.26. The van der Waals surface area contributed by atoms with Gasteiger partial charge in [0.25, 0.3) is 0 Å². The summed E-state index contributed by atoms with van der Waals surface area (Å²) >= 11 is 0. The molecule has 0 aliphatic rings. The lowest BCUT2D eigenvalue weighted by Gasteiger charge is -2.20. The summed E-state index contributed by atoms with van der Waals surface area (Å²) in [5.74, 6) is -0.476. The van der Waals surface area contributed by atoms with Gasteiger partial charge in [-0.3, -0.25) is 9.59 Å². The average molecular weight is 229 g/mol. The first kappa shape index (κ1) is 14.9. The molecule has 0 aliphatic heterocycles. The topological polar surface area (TPSA) is 84.2 Å². The normalized spacial score (nSPS) is 13.1. The second kappa shape index (κ2) is 6.48. The lowest BCUT2D eigenvalue weighted by molar-refractivity contribution is -0.127. The summed E-state index contributed by atoms with van der Waals surface area (Å²) in [7, 11) is 0. The van der Waals surface area contributed by atoms with Gasteiger partial charge in [0.05, 0.1) is 12.6 Å². The lowest BCUT2D eigenvalue weighted by Crippen LogP contribution is -2.48. The Balaban J connectivity index is 3.88. The Kier molecular flexibility index (Phi) is 6.03. The first-order chi connectivity index (χ1) is 7.26. The maximum absolute atomic E-state index is 11.4. The number of nitrogens with two attached hydrogens (primary N) is 1. The molecule has 2 amide bonds. The smallest absolute Gasteiger partial charge is 0.239 e. The van der Waals surface area contributed by atoms with Crippen molar-refractivity contribution in [1.29, 1.82) is 0 Å². The van der Waals surface area contributed by atoms with Gasteiger partial charge in [0.1, 0.15) is 0 Å². The molecular formula is C11H23N3O2. The molecule has 0 spiro atoms. The third kappa shape index (κ3) is 7.23. The number of hydrogen-bond acceptors (Lipinski definition) is 3. The van der Waals surface area contributed by atoms with E-state index in [2.05, 4.69) is 10.6 Å². The molecule has 0 aliphatic carbocycles. The molecule has 0 fully saturated rings. The molecule has 0 unspecified atom stereocenters. The van der Waals surface area contributed by atoms with Gasteiger partial charge < -0.3 is 16.4 Å². The van der Waals surface area contributed by atoms with E-state index >= 15 is 0 Å². The van der Waals surface area contributed by atoms with E-state index in [9.17, 15) is 9.59 Å². The van der Waals surface area contributed by atoms with Crippen LogP contribution in [0.5, 0.6) is 0 Å². The lowest BCUT2D eigenvalue weighted by atomic mass is 10.1. The Morgan fingerprint density at radius 2 is 1.88 bits per heavy atom. The van der Waals surface area contributed by atoms with Crippen molar-refractivity contribution < 1.29 is 9.59 Å². The highest BCUT2D eigenvalue weighted by atomic mass is 16.2. The van der Waals surface area contributed by atoms with Crippen molar-refractivity contribution in [2.75, 3.05) is 6.54 Å². The van der Waals surface area contributed by atoms with E-state index in [1.54, 1.807) is 0 Å². The van der Waals surface area contributed by atoms with Crippen molar-refractivity contribution in [3.63, 3.8) is 0 Å². The van der Waals surface area contributed by atoms with E-state index in [0.717, 1.165) is 6.42 Å². The van der Waals surface area contributed by atoms with Crippen LogP contribution in [-0.2, 0) is 9.59 Å². The Hall–Kier alpha value is -1.10. The standard InChI is InChI=1S/C11H23N3O2/c1-5-6-8(12)10(16)13-7-9(15)14-11(2,3)4/h8H,5-7,12H2,1-4H3,(H,13,16)(H,14,15)/t8-/m1/s1. The Morgan fingerprint density at radius 3 is 2.31 bits per heavy atom. The van der Waals surface area contributed by atoms with Crippen molar-refractivity contribution in [3.05, 3.63) is 0 Å². The monoisotopic (exact) mass is 229 g/mol. The van der Waals surface area contributed by atoms with Crippen molar-refractivity contribution in [2.45, 2.75) is 52.1 Å². The largest absolute Gasteiger partial charge is 0.350 e. The predicted octanol–water partition coefficient (Wildman–Crippen LogP) is 0.145. The van der Waals surface area contributed by atoms with Gasteiger partial charge in [0.15, 0.2) is 0 Å². The van der Waals surface area contributed by atoms with Crippen LogP contribution in [0.25, 0.3) is 0 Å². The van der Waals surface area contributed by atoms with Crippen LogP contribution in [0.4, 0.5) is 0 Å². The second-order valence-electron chi connectivity index (χ2n) is 4.91. The maximum atomic E-state index is 11.4. The maximum Gasteiger partial charge on any atom is 0.239 e. The summed E-state index contributed by atoms with van der Waals surface area (Å²) in [5.41, 5.74) is 5.31. The molecule has 0 bridgehead atoms. The Labute approximate surface area is 97.2 Å². The molecule has 94 valence electrons. The minimum atomic E-state index is -0.521. The highest BCUT2D eigenvalue weighted by Gasteiger charge is 2.16. The van der Waals surface area contributed by atoms with Crippen LogP contribution >= 0.6 is 0 Å². The number of nitrogens with one attached hydrogen (secondary N) is 2. The van der Waals surface area contributed by atoms with Gasteiger partial charge in [0, 0.05) is 5.54 Å². The van der Waals surface area contributed by atoms with Crippen LogP contribution in [0.15, 0.2) is 0 Å². The molecule has 0 aromatic carbocycles. The van der Waals surface area contributed by atoms with Crippen LogP contribution in [0.3, 0.4) is 0 Å². The van der Waals surface area contributed by atoms with Crippen molar-refractivity contribution in [2.24, 2.45) is 5.73 Å². The van der Waals surface area contributed by atoms with Crippen LogP contribution in [0.1, 0.15) is 40.5 Å². The Morgan fingerprint density at radius 1 is 1.31 bits per heavy atom. The first-order valence-electron chi connectivity index (χ1n) is 5.60. The molecule has 16 heavy (non-hydrogen) atoms. The fraction of sp³-hybridized carbons (Fsp3) is 0.818. The van der Waals surface area contributed by atoms with Crippen molar-refractivity contribution in [3.8, 4) is 0 Å². The van der Waals surface area contributed by atoms with Crippen LogP contribution < -0.4 is 16.4 Å². The highest BCUT2D eigenvalue weighted by molar-refractivity contribution is 5.87. The molecule has 0 heterocycles. The summed E-state index contributed by atoms with van der Waals surface area (Å²) in [4.78, 5) is 22.8. The third-order valence-electron chi connectivity index (χ3n) is 1.87. The van der Waals surface area contributed by atoms with E-state index in [1.165, 1.54) is 0 Å². The number of hydrogen-bond donors (Lipinski definition) is 3. The zero-order valence-electron chi connectivity index (χ0n) is 10.6. The average Bonchev–Trinajstić information content (AvgIpc) is 2.11. The van der Waals surface area contributed by atoms with E-state index in [0.29, 0.717) is 6.42 Å². The van der Waals surface area contributed by atoms with E-state index in [-0.39, 0.29) is 23.9 Å². The summed E-state index contributed by atoms with van der Waals surface area (Å²) in [6.45, 7) is 7.59. The van der Waals surface area contributed by atoms with Crippen LogP contribution in [0.2, 0.25) is 0 Å². The summed E-state index contributed by atoms with van der Waals surface area (Å²) < 4.78 is 0. The summed E-state index contributed by atoms with van der Waals surface area (Å²) in [6, 6.07) is -0.521. The van der Waals surface area contributed by atoms with Crippen molar-refractivity contribution >= 4 is 11.8 Å². The summed E-state index contributed by atoms with van der Waals surface area (Å²) in [6.07, 6.45) is 1.48. The molecule has 0 saturated carbocycles. The molecule has 5 nitrogen and oxygen atoms in total. The zero-order chi connectivity index (χ0) is 12.8. The molecular weight excluding hydrogens is 206 g/mol. The predicted molar refractivity (Wildman–Crippen MR) is 63.8 cm³/mol. The van der Waals surface area contributed by atoms with Gasteiger partial charge in [-0.1, -0.05) is 13.3 Å². The zero-order valence-corrected chi connectivity index (χ0v) is 10.6. The van der Waals surface area contributed by atoms with E-state index in [4.69, 9.17) is 5.73 Å².